The second-order valence-corrected chi connectivity index (χ2v) is 4.52. The van der Waals surface area contributed by atoms with Gasteiger partial charge in [-0.1, -0.05) is 18.2 Å². The zero-order chi connectivity index (χ0) is 14.7. The highest BCUT2D eigenvalue weighted by atomic mass is 16.5. The minimum atomic E-state index is -1.26. The van der Waals surface area contributed by atoms with E-state index in [0.29, 0.717) is 11.3 Å². The van der Waals surface area contributed by atoms with Gasteiger partial charge in [0.15, 0.2) is 5.92 Å². The summed E-state index contributed by atoms with van der Waals surface area (Å²) in [5.74, 6) is -3.39. The molecule has 0 saturated heterocycles. The van der Waals surface area contributed by atoms with Crippen LogP contribution >= 0.6 is 0 Å². The van der Waals surface area contributed by atoms with E-state index >= 15 is 0 Å². The van der Waals surface area contributed by atoms with Crippen LogP contribution in [0.5, 0.6) is 0 Å². The average Bonchev–Trinajstić information content (AvgIpc) is 2.76. The molecule has 20 heavy (non-hydrogen) atoms. The number of carbonyl (C=O) groups excluding carboxylic acids is 2. The fourth-order valence-electron chi connectivity index (χ4n) is 2.22. The Morgan fingerprint density at radius 3 is 2.85 bits per heavy atom. The minimum absolute atomic E-state index is 0.00236. The predicted octanol–water partition coefficient (Wildman–Crippen LogP) is 0.988. The molecule has 1 aliphatic heterocycles. The van der Waals surface area contributed by atoms with Crippen molar-refractivity contribution in [1.29, 1.82) is 0 Å². The molecule has 1 heterocycles. The van der Waals surface area contributed by atoms with Crippen LogP contribution in [0.4, 0.5) is 5.69 Å². The zero-order valence-electron chi connectivity index (χ0n) is 11.0. The first-order chi connectivity index (χ1) is 9.52. The number of fused-ring (bicyclic) bond motifs is 1. The van der Waals surface area contributed by atoms with Crippen molar-refractivity contribution in [3.05, 3.63) is 29.3 Å². The molecule has 0 fully saturated rings. The molecule has 0 aliphatic carbocycles. The summed E-state index contributed by atoms with van der Waals surface area (Å²) in [5, 5.41) is 11.8. The molecule has 1 amide bonds. The third-order valence-corrected chi connectivity index (χ3v) is 3.15. The summed E-state index contributed by atoms with van der Waals surface area (Å²) in [5.41, 5.74) is 2.07. The van der Waals surface area contributed by atoms with Crippen LogP contribution in [-0.2, 0) is 32.0 Å². The lowest BCUT2D eigenvalue weighted by Crippen LogP contribution is -2.28. The van der Waals surface area contributed by atoms with Gasteiger partial charge in [0.2, 0.25) is 5.91 Å². The third kappa shape index (κ3) is 2.79. The van der Waals surface area contributed by atoms with Crippen molar-refractivity contribution in [3.8, 4) is 0 Å². The number of benzene rings is 1. The smallest absolute Gasteiger partial charge is 0.320 e. The number of aliphatic carboxylic acids is 1. The molecule has 0 spiro atoms. The number of nitrogens with one attached hydrogen (secondary N) is 1. The van der Waals surface area contributed by atoms with Crippen molar-refractivity contribution < 1.29 is 24.2 Å². The number of carboxylic acid groups (broad SMARTS) is 1. The first-order valence-electron chi connectivity index (χ1n) is 6.33. The molecule has 6 heteroatoms. The largest absolute Gasteiger partial charge is 0.481 e. The fraction of sp³-hybridized carbons (Fsp3) is 0.357. The van der Waals surface area contributed by atoms with E-state index in [1.54, 1.807) is 25.1 Å². The number of carboxylic acids is 1. The number of ether oxygens (including phenoxy) is 1. The van der Waals surface area contributed by atoms with Crippen LogP contribution in [0.25, 0.3) is 0 Å². The second-order valence-electron chi connectivity index (χ2n) is 4.52. The van der Waals surface area contributed by atoms with Gasteiger partial charge in [-0.15, -0.1) is 0 Å². The van der Waals surface area contributed by atoms with E-state index in [0.717, 1.165) is 5.56 Å². The molecule has 0 bridgehead atoms. The van der Waals surface area contributed by atoms with Gasteiger partial charge in [0.05, 0.1) is 13.0 Å². The predicted molar refractivity (Wildman–Crippen MR) is 70.2 cm³/mol. The Hall–Kier alpha value is -2.37. The van der Waals surface area contributed by atoms with E-state index in [1.165, 1.54) is 0 Å². The Morgan fingerprint density at radius 1 is 1.45 bits per heavy atom. The van der Waals surface area contributed by atoms with Gasteiger partial charge in [-0.3, -0.25) is 14.4 Å². The summed E-state index contributed by atoms with van der Waals surface area (Å²) in [6.07, 6.45) is 0.276. The van der Waals surface area contributed by atoms with E-state index in [1.807, 2.05) is 0 Å². The maximum Gasteiger partial charge on any atom is 0.320 e. The second kappa shape index (κ2) is 5.73. The zero-order valence-corrected chi connectivity index (χ0v) is 11.0. The maximum atomic E-state index is 11.7. The average molecular weight is 277 g/mol. The number of hydrogen-bond donors (Lipinski definition) is 2. The SMILES string of the molecule is CCOC(=O)C(Cc1cccc2c1NC(=O)C2)C(=O)O. The van der Waals surface area contributed by atoms with Gasteiger partial charge in [-0.05, 0) is 24.5 Å². The summed E-state index contributed by atoms with van der Waals surface area (Å²) in [6.45, 7) is 1.75. The van der Waals surface area contributed by atoms with E-state index < -0.39 is 17.9 Å². The van der Waals surface area contributed by atoms with Crippen LogP contribution < -0.4 is 5.32 Å². The van der Waals surface area contributed by atoms with Crippen LogP contribution in [0, 0.1) is 5.92 Å². The van der Waals surface area contributed by atoms with Crippen molar-refractivity contribution >= 4 is 23.5 Å². The number of anilines is 1. The van der Waals surface area contributed by atoms with Crippen LogP contribution in [0.3, 0.4) is 0 Å². The van der Waals surface area contributed by atoms with Gasteiger partial charge in [0.25, 0.3) is 0 Å². The molecular formula is C14H15NO5. The molecular weight excluding hydrogens is 262 g/mol. The molecule has 0 saturated carbocycles. The highest BCUT2D eigenvalue weighted by molar-refractivity contribution is 6.00. The standard InChI is InChI=1S/C14H15NO5/c1-2-20-14(19)10(13(17)18)6-8-4-3-5-9-7-11(16)15-12(8)9/h3-5,10H,2,6-7H2,1H3,(H,15,16)(H,17,18). The molecule has 1 aromatic rings. The molecule has 106 valence electrons. The Morgan fingerprint density at radius 2 is 2.20 bits per heavy atom. The molecule has 1 aromatic carbocycles. The summed E-state index contributed by atoms with van der Waals surface area (Å²) in [4.78, 5) is 34.2. The molecule has 2 rings (SSSR count). The molecule has 1 aliphatic rings. The van der Waals surface area contributed by atoms with Gasteiger partial charge in [0, 0.05) is 5.69 Å². The highest BCUT2D eigenvalue weighted by Crippen LogP contribution is 2.29. The van der Waals surface area contributed by atoms with E-state index in [4.69, 9.17) is 9.84 Å². The lowest BCUT2D eigenvalue weighted by atomic mass is 9.96. The Bertz CT molecular complexity index is 567. The minimum Gasteiger partial charge on any atom is -0.481 e. The Labute approximate surface area is 115 Å². The molecule has 0 radical (unpaired) electrons. The van der Waals surface area contributed by atoms with E-state index in [-0.39, 0.29) is 25.4 Å². The summed E-state index contributed by atoms with van der Waals surface area (Å²) in [7, 11) is 0. The lowest BCUT2D eigenvalue weighted by molar-refractivity contribution is -0.158. The van der Waals surface area contributed by atoms with Gasteiger partial charge in [0.1, 0.15) is 0 Å². The first-order valence-corrected chi connectivity index (χ1v) is 6.33. The van der Waals surface area contributed by atoms with Crippen LogP contribution in [-0.4, -0.2) is 29.6 Å². The number of rotatable bonds is 5. The molecule has 1 atom stereocenters. The molecule has 0 aromatic heterocycles. The number of carbonyl (C=O) groups is 3. The van der Waals surface area contributed by atoms with E-state index in [2.05, 4.69) is 5.32 Å². The Balaban J connectivity index is 2.24. The summed E-state index contributed by atoms with van der Waals surface area (Å²) < 4.78 is 4.77. The van der Waals surface area contributed by atoms with Gasteiger partial charge < -0.3 is 15.2 Å². The molecule has 1 unspecified atom stereocenters. The highest BCUT2D eigenvalue weighted by Gasteiger charge is 2.30. The first kappa shape index (κ1) is 14.0. The van der Waals surface area contributed by atoms with Crippen LogP contribution in [0.2, 0.25) is 0 Å². The number of para-hydroxylation sites is 1. The quantitative estimate of drug-likeness (QED) is 0.618. The number of hydrogen-bond acceptors (Lipinski definition) is 4. The molecule has 6 nitrogen and oxygen atoms in total. The van der Waals surface area contributed by atoms with Crippen LogP contribution in [0.15, 0.2) is 18.2 Å². The van der Waals surface area contributed by atoms with Gasteiger partial charge in [-0.25, -0.2) is 0 Å². The summed E-state index contributed by atoms with van der Waals surface area (Å²) >= 11 is 0. The monoisotopic (exact) mass is 277 g/mol. The Kier molecular flexibility index (Phi) is 4.02. The van der Waals surface area contributed by atoms with Crippen molar-refractivity contribution in [2.24, 2.45) is 5.92 Å². The van der Waals surface area contributed by atoms with Crippen molar-refractivity contribution in [3.63, 3.8) is 0 Å². The van der Waals surface area contributed by atoms with Crippen molar-refractivity contribution in [1.82, 2.24) is 0 Å². The van der Waals surface area contributed by atoms with Crippen molar-refractivity contribution in [2.45, 2.75) is 19.8 Å². The normalized spacial score (nSPS) is 14.3. The van der Waals surface area contributed by atoms with Crippen molar-refractivity contribution in [2.75, 3.05) is 11.9 Å². The maximum absolute atomic E-state index is 11.7. The number of esters is 1. The molecule has 2 N–H and O–H groups in total. The topological polar surface area (TPSA) is 92.7 Å². The van der Waals surface area contributed by atoms with E-state index in [9.17, 15) is 14.4 Å². The summed E-state index contributed by atoms with van der Waals surface area (Å²) in [6, 6.07) is 5.26. The number of amides is 1. The third-order valence-electron chi connectivity index (χ3n) is 3.15. The van der Waals surface area contributed by atoms with Crippen LogP contribution in [0.1, 0.15) is 18.1 Å². The van der Waals surface area contributed by atoms with Gasteiger partial charge in [-0.2, -0.15) is 0 Å². The van der Waals surface area contributed by atoms with Gasteiger partial charge >= 0.3 is 11.9 Å². The lowest BCUT2D eigenvalue weighted by Gasteiger charge is -2.13. The fourth-order valence-corrected chi connectivity index (χ4v) is 2.22.